The normalized spacial score (nSPS) is 11.2. The van der Waals surface area contributed by atoms with Crippen LogP contribution >= 0.6 is 0 Å². The van der Waals surface area contributed by atoms with Crippen molar-refractivity contribution in [2.24, 2.45) is 4.99 Å². The molecule has 2 amide bonds. The van der Waals surface area contributed by atoms with Crippen molar-refractivity contribution in [1.82, 2.24) is 5.32 Å². The first-order chi connectivity index (χ1) is 10.3. The predicted octanol–water partition coefficient (Wildman–Crippen LogP) is 1.88. The number of phenolic OH excluding ortho intramolecular Hbond substituents is 1. The summed E-state index contributed by atoms with van der Waals surface area (Å²) in [5, 5.41) is 15.7. The van der Waals surface area contributed by atoms with E-state index in [1.54, 1.807) is 0 Å². The molecular weight excluding hydrogens is 310 g/mol. The average Bonchev–Trinajstić information content (AvgIpc) is 2.46. The summed E-state index contributed by atoms with van der Waals surface area (Å²) >= 11 is 0. The number of nitrogens with zero attached hydrogens (tertiary/aromatic N) is 1. The van der Waals surface area contributed by atoms with Crippen LogP contribution in [0.3, 0.4) is 0 Å². The fraction of sp³-hybridized carbons (Fsp3) is 0.0769. The van der Waals surface area contributed by atoms with E-state index in [0.29, 0.717) is 11.1 Å². The second kappa shape index (κ2) is 5.62. The molecule has 116 valence electrons. The number of amides is 2. The van der Waals surface area contributed by atoms with Gasteiger partial charge in [-0.05, 0) is 30.3 Å². The monoisotopic (exact) mass is 323 g/mol. The maximum absolute atomic E-state index is 11.4. The number of carbonyl (C=O) groups excluding carboxylic acids is 1. The molecule has 9 heteroatoms. The van der Waals surface area contributed by atoms with Gasteiger partial charge in [0, 0.05) is 18.1 Å². The molecule has 0 fully saturated rings. The molecule has 0 aromatic heterocycles. The molecule has 2 rings (SSSR count). The van der Waals surface area contributed by atoms with Gasteiger partial charge in [0.15, 0.2) is 0 Å². The molecule has 4 N–H and O–H groups in total. The standard InChI is InChI=1S/C13H13N3O5S/c1-14-11-10(22(19,20)21)5-7-3-4-8(16-13(18)15-2)6-9(7)12(11)17/h3-6,17H,1H2,2H3,(H2,15,16,18)(H,19,20,21). The molecule has 0 saturated carbocycles. The van der Waals surface area contributed by atoms with Crippen molar-refractivity contribution in [2.45, 2.75) is 4.90 Å². The summed E-state index contributed by atoms with van der Waals surface area (Å²) in [5.41, 5.74) is 0.0314. The molecule has 0 heterocycles. The summed E-state index contributed by atoms with van der Waals surface area (Å²) in [5.74, 6) is -0.458. The SMILES string of the molecule is C=Nc1c(S(=O)(=O)O)cc2ccc(NC(=O)NC)cc2c1O. The van der Waals surface area contributed by atoms with Crippen molar-refractivity contribution in [2.75, 3.05) is 12.4 Å². The van der Waals surface area contributed by atoms with Crippen molar-refractivity contribution in [1.29, 1.82) is 0 Å². The first kappa shape index (κ1) is 15.7. The highest BCUT2D eigenvalue weighted by atomic mass is 32.2. The third-order valence-corrected chi connectivity index (χ3v) is 3.84. The molecule has 0 atom stereocenters. The topological polar surface area (TPSA) is 128 Å². The number of urea groups is 1. The Bertz CT molecular complexity index is 877. The minimum Gasteiger partial charge on any atom is -0.505 e. The first-order valence-corrected chi connectivity index (χ1v) is 7.44. The maximum Gasteiger partial charge on any atom is 0.318 e. The molecule has 0 radical (unpaired) electrons. The van der Waals surface area contributed by atoms with E-state index in [0.717, 1.165) is 6.07 Å². The summed E-state index contributed by atoms with van der Waals surface area (Å²) in [6, 6.07) is 5.17. The highest BCUT2D eigenvalue weighted by molar-refractivity contribution is 7.86. The fourth-order valence-corrected chi connectivity index (χ4v) is 2.64. The van der Waals surface area contributed by atoms with Gasteiger partial charge in [0.1, 0.15) is 16.3 Å². The molecule has 0 aliphatic carbocycles. The average molecular weight is 323 g/mol. The molecule has 2 aromatic carbocycles. The van der Waals surface area contributed by atoms with Gasteiger partial charge in [-0.25, -0.2) is 4.79 Å². The van der Waals surface area contributed by atoms with E-state index in [9.17, 15) is 22.9 Å². The van der Waals surface area contributed by atoms with Crippen LogP contribution < -0.4 is 10.6 Å². The Morgan fingerprint density at radius 1 is 1.32 bits per heavy atom. The van der Waals surface area contributed by atoms with Crippen LogP contribution in [0.5, 0.6) is 5.75 Å². The highest BCUT2D eigenvalue weighted by Crippen LogP contribution is 2.41. The summed E-state index contributed by atoms with van der Waals surface area (Å²) < 4.78 is 31.9. The first-order valence-electron chi connectivity index (χ1n) is 6.00. The molecule has 0 spiro atoms. The Morgan fingerprint density at radius 2 is 2.00 bits per heavy atom. The Labute approximate surface area is 126 Å². The van der Waals surface area contributed by atoms with Crippen molar-refractivity contribution < 1.29 is 22.9 Å². The molecule has 22 heavy (non-hydrogen) atoms. The van der Waals surface area contributed by atoms with Crippen LogP contribution in [0.15, 0.2) is 34.2 Å². The van der Waals surface area contributed by atoms with Gasteiger partial charge < -0.3 is 15.7 Å². The number of fused-ring (bicyclic) bond motifs is 1. The largest absolute Gasteiger partial charge is 0.505 e. The lowest BCUT2D eigenvalue weighted by Gasteiger charge is -2.11. The third-order valence-electron chi connectivity index (χ3n) is 2.97. The molecule has 0 saturated heterocycles. The van der Waals surface area contributed by atoms with E-state index in [1.165, 1.54) is 25.2 Å². The van der Waals surface area contributed by atoms with Crippen molar-refractivity contribution in [3.63, 3.8) is 0 Å². The van der Waals surface area contributed by atoms with Crippen LogP contribution in [0, 0.1) is 0 Å². The fourth-order valence-electron chi connectivity index (χ4n) is 1.96. The zero-order valence-electron chi connectivity index (χ0n) is 11.5. The van der Waals surface area contributed by atoms with Crippen molar-refractivity contribution >= 4 is 45.0 Å². The van der Waals surface area contributed by atoms with Gasteiger partial charge in [0.2, 0.25) is 0 Å². The third kappa shape index (κ3) is 2.85. The number of aliphatic imine (C=N–C) groups is 1. The number of anilines is 1. The smallest absolute Gasteiger partial charge is 0.318 e. The molecule has 2 aromatic rings. The predicted molar refractivity (Wildman–Crippen MR) is 82.7 cm³/mol. The number of hydrogen-bond donors (Lipinski definition) is 4. The summed E-state index contributed by atoms with van der Waals surface area (Å²) in [4.78, 5) is 14.2. The highest BCUT2D eigenvalue weighted by Gasteiger charge is 2.21. The molecular formula is C13H13N3O5S. The van der Waals surface area contributed by atoms with Gasteiger partial charge in [-0.15, -0.1) is 0 Å². The summed E-state index contributed by atoms with van der Waals surface area (Å²) in [6.45, 7) is 3.19. The van der Waals surface area contributed by atoms with Gasteiger partial charge in [-0.2, -0.15) is 8.42 Å². The Balaban J connectivity index is 2.72. The Morgan fingerprint density at radius 3 is 2.55 bits per heavy atom. The quantitative estimate of drug-likeness (QED) is 0.506. The van der Waals surface area contributed by atoms with E-state index in [1.807, 2.05) is 0 Å². The van der Waals surface area contributed by atoms with Gasteiger partial charge in [0.05, 0.1) is 0 Å². The number of phenols is 1. The van der Waals surface area contributed by atoms with Crippen LogP contribution in [-0.2, 0) is 10.1 Å². The molecule has 0 aliphatic heterocycles. The van der Waals surface area contributed by atoms with Crippen LogP contribution in [0.1, 0.15) is 0 Å². The van der Waals surface area contributed by atoms with E-state index >= 15 is 0 Å². The number of hydrogen-bond acceptors (Lipinski definition) is 5. The number of rotatable bonds is 3. The van der Waals surface area contributed by atoms with Crippen LogP contribution in [0.25, 0.3) is 10.8 Å². The number of carbonyl (C=O) groups is 1. The van der Waals surface area contributed by atoms with Gasteiger partial charge in [-0.1, -0.05) is 6.07 Å². The summed E-state index contributed by atoms with van der Waals surface area (Å²) in [7, 11) is -3.12. The molecule has 8 nitrogen and oxygen atoms in total. The summed E-state index contributed by atoms with van der Waals surface area (Å²) in [6.07, 6.45) is 0. The number of benzene rings is 2. The number of nitrogens with one attached hydrogen (secondary N) is 2. The molecule has 0 aliphatic rings. The van der Waals surface area contributed by atoms with Crippen LogP contribution in [-0.4, -0.2) is 37.9 Å². The van der Waals surface area contributed by atoms with Crippen LogP contribution in [0.4, 0.5) is 16.2 Å². The lowest BCUT2D eigenvalue weighted by Crippen LogP contribution is -2.24. The number of aromatic hydroxyl groups is 1. The lowest BCUT2D eigenvalue weighted by molar-refractivity contribution is 0.254. The van der Waals surface area contributed by atoms with Crippen molar-refractivity contribution in [3.8, 4) is 5.75 Å². The minimum absolute atomic E-state index is 0.253. The lowest BCUT2D eigenvalue weighted by atomic mass is 10.1. The second-order valence-electron chi connectivity index (χ2n) is 4.35. The Hall–Kier alpha value is -2.65. The second-order valence-corrected chi connectivity index (χ2v) is 5.74. The van der Waals surface area contributed by atoms with Gasteiger partial charge >= 0.3 is 6.03 Å². The zero-order chi connectivity index (χ0) is 16.5. The van der Waals surface area contributed by atoms with E-state index < -0.39 is 26.8 Å². The van der Waals surface area contributed by atoms with E-state index in [4.69, 9.17) is 0 Å². The molecule has 0 unspecified atom stereocenters. The minimum atomic E-state index is -4.57. The maximum atomic E-state index is 11.4. The van der Waals surface area contributed by atoms with Crippen molar-refractivity contribution in [3.05, 3.63) is 24.3 Å². The van der Waals surface area contributed by atoms with Gasteiger partial charge in [0.25, 0.3) is 10.1 Å². The van der Waals surface area contributed by atoms with E-state index in [2.05, 4.69) is 22.3 Å². The molecule has 0 bridgehead atoms. The Kier molecular flexibility index (Phi) is 4.02. The van der Waals surface area contributed by atoms with Gasteiger partial charge in [-0.3, -0.25) is 9.55 Å². The van der Waals surface area contributed by atoms with Crippen LogP contribution in [0.2, 0.25) is 0 Å². The zero-order valence-corrected chi connectivity index (χ0v) is 12.3. The van der Waals surface area contributed by atoms with E-state index in [-0.39, 0.29) is 11.1 Å².